The summed E-state index contributed by atoms with van der Waals surface area (Å²) in [7, 11) is 1.92. The number of nitrogens with one attached hydrogen (secondary N) is 2. The molecule has 0 aliphatic rings. The van der Waals surface area contributed by atoms with E-state index in [1.807, 2.05) is 62.2 Å². The van der Waals surface area contributed by atoms with Crippen molar-refractivity contribution in [2.75, 3.05) is 19.6 Å². The van der Waals surface area contributed by atoms with Gasteiger partial charge in [-0.2, -0.15) is 5.10 Å². The average molecular weight is 364 g/mol. The van der Waals surface area contributed by atoms with Crippen molar-refractivity contribution in [1.82, 2.24) is 20.4 Å². The third kappa shape index (κ3) is 7.05. The fraction of sp³-hybridized carbons (Fsp3) is 0.444. The maximum absolute atomic E-state index is 5.88. The standard InChI is InChI=1S/C18H26ClN5O/c1-4-20-18(21-10-9-15-12-23-24(3)13-15)22-11-14(2)25-17-7-5-16(19)6-8-17/h5-8,12-14H,4,9-11H2,1-3H3,(H2,20,21,22). The van der Waals surface area contributed by atoms with Crippen LogP contribution in [-0.2, 0) is 13.5 Å². The zero-order chi connectivity index (χ0) is 18.1. The van der Waals surface area contributed by atoms with Crippen LogP contribution in [0.5, 0.6) is 5.75 Å². The summed E-state index contributed by atoms with van der Waals surface area (Å²) in [6, 6.07) is 7.35. The number of hydrogen-bond acceptors (Lipinski definition) is 3. The Kier molecular flexibility index (Phi) is 7.60. The normalized spacial score (nSPS) is 12.7. The molecule has 1 aromatic carbocycles. The van der Waals surface area contributed by atoms with Crippen LogP contribution < -0.4 is 15.4 Å². The zero-order valence-electron chi connectivity index (χ0n) is 15.0. The monoisotopic (exact) mass is 363 g/mol. The van der Waals surface area contributed by atoms with Crippen LogP contribution in [0.15, 0.2) is 41.7 Å². The van der Waals surface area contributed by atoms with Crippen molar-refractivity contribution >= 4 is 17.6 Å². The van der Waals surface area contributed by atoms with E-state index in [0.29, 0.717) is 11.6 Å². The second-order valence-corrected chi connectivity index (χ2v) is 6.24. The Morgan fingerprint density at radius 2 is 2.08 bits per heavy atom. The Bertz CT molecular complexity index is 668. The predicted octanol–water partition coefficient (Wildman–Crippen LogP) is 2.64. The summed E-state index contributed by atoms with van der Waals surface area (Å²) >= 11 is 5.88. The van der Waals surface area contributed by atoms with Crippen molar-refractivity contribution < 1.29 is 4.74 Å². The molecule has 1 heterocycles. The summed E-state index contributed by atoms with van der Waals surface area (Å²) in [6.07, 6.45) is 4.77. The number of rotatable bonds is 8. The molecule has 0 aliphatic carbocycles. The topological polar surface area (TPSA) is 63.5 Å². The van der Waals surface area contributed by atoms with Crippen LogP contribution in [0.3, 0.4) is 0 Å². The number of hydrogen-bond donors (Lipinski definition) is 2. The number of aliphatic imine (C=N–C) groups is 1. The Morgan fingerprint density at radius 3 is 2.72 bits per heavy atom. The van der Waals surface area contributed by atoms with E-state index in [2.05, 4.69) is 20.7 Å². The van der Waals surface area contributed by atoms with Gasteiger partial charge in [-0.25, -0.2) is 4.99 Å². The van der Waals surface area contributed by atoms with Gasteiger partial charge in [0.2, 0.25) is 0 Å². The number of aromatic nitrogens is 2. The first-order chi connectivity index (χ1) is 12.1. The molecule has 0 aliphatic heterocycles. The van der Waals surface area contributed by atoms with Crippen LogP contribution >= 0.6 is 11.6 Å². The van der Waals surface area contributed by atoms with Gasteiger partial charge in [-0.3, -0.25) is 4.68 Å². The molecule has 136 valence electrons. The number of halogens is 1. The highest BCUT2D eigenvalue weighted by atomic mass is 35.5. The molecule has 0 bridgehead atoms. The summed E-state index contributed by atoms with van der Waals surface area (Å²) in [5.74, 6) is 1.58. The highest BCUT2D eigenvalue weighted by Crippen LogP contribution is 2.16. The summed E-state index contributed by atoms with van der Waals surface area (Å²) in [4.78, 5) is 4.59. The average Bonchev–Trinajstić information content (AvgIpc) is 3.00. The van der Waals surface area contributed by atoms with Gasteiger partial charge in [0.15, 0.2) is 5.96 Å². The Morgan fingerprint density at radius 1 is 1.32 bits per heavy atom. The van der Waals surface area contributed by atoms with Crippen LogP contribution in [0.4, 0.5) is 0 Å². The minimum absolute atomic E-state index is 0.0324. The lowest BCUT2D eigenvalue weighted by atomic mass is 10.2. The minimum Gasteiger partial charge on any atom is -0.489 e. The molecule has 2 N–H and O–H groups in total. The third-order valence-corrected chi connectivity index (χ3v) is 3.72. The molecular formula is C18H26ClN5O. The maximum Gasteiger partial charge on any atom is 0.191 e. The molecule has 0 saturated heterocycles. The van der Waals surface area contributed by atoms with Crippen molar-refractivity contribution in [3.8, 4) is 5.75 Å². The number of guanidine groups is 1. The molecule has 2 aromatic rings. The van der Waals surface area contributed by atoms with Crippen molar-refractivity contribution in [3.63, 3.8) is 0 Å². The SMILES string of the molecule is CCNC(=NCC(C)Oc1ccc(Cl)cc1)NCCc1cnn(C)c1. The lowest BCUT2D eigenvalue weighted by Crippen LogP contribution is -2.39. The van der Waals surface area contributed by atoms with Crippen LogP contribution in [0.2, 0.25) is 5.02 Å². The van der Waals surface area contributed by atoms with Crippen LogP contribution in [-0.4, -0.2) is 41.5 Å². The van der Waals surface area contributed by atoms with Gasteiger partial charge in [-0.05, 0) is 50.1 Å². The predicted molar refractivity (Wildman–Crippen MR) is 102 cm³/mol. The molecule has 0 fully saturated rings. The zero-order valence-corrected chi connectivity index (χ0v) is 15.8. The first-order valence-corrected chi connectivity index (χ1v) is 8.86. The second kappa shape index (κ2) is 9.93. The fourth-order valence-electron chi connectivity index (χ4n) is 2.27. The van der Waals surface area contributed by atoms with Gasteiger partial charge in [0, 0.05) is 31.4 Å². The minimum atomic E-state index is -0.0324. The van der Waals surface area contributed by atoms with Crippen molar-refractivity contribution in [1.29, 1.82) is 0 Å². The van der Waals surface area contributed by atoms with E-state index in [0.717, 1.165) is 31.2 Å². The van der Waals surface area contributed by atoms with E-state index in [-0.39, 0.29) is 6.10 Å². The first kappa shape index (κ1) is 19.1. The van der Waals surface area contributed by atoms with Gasteiger partial charge in [-0.1, -0.05) is 11.6 Å². The highest BCUT2D eigenvalue weighted by Gasteiger charge is 2.05. The lowest BCUT2D eigenvalue weighted by molar-refractivity contribution is 0.230. The molecule has 25 heavy (non-hydrogen) atoms. The second-order valence-electron chi connectivity index (χ2n) is 5.80. The van der Waals surface area contributed by atoms with Gasteiger partial charge < -0.3 is 15.4 Å². The largest absolute Gasteiger partial charge is 0.489 e. The van der Waals surface area contributed by atoms with Crippen molar-refractivity contribution in [2.24, 2.45) is 12.0 Å². The van der Waals surface area contributed by atoms with Gasteiger partial charge >= 0.3 is 0 Å². The van der Waals surface area contributed by atoms with Gasteiger partial charge in [0.05, 0.1) is 12.7 Å². The highest BCUT2D eigenvalue weighted by molar-refractivity contribution is 6.30. The smallest absolute Gasteiger partial charge is 0.191 e. The van der Waals surface area contributed by atoms with E-state index < -0.39 is 0 Å². The van der Waals surface area contributed by atoms with E-state index in [1.54, 1.807) is 0 Å². The quantitative estimate of drug-likeness (QED) is 0.559. The van der Waals surface area contributed by atoms with Crippen LogP contribution in [0, 0.1) is 0 Å². The van der Waals surface area contributed by atoms with E-state index in [1.165, 1.54) is 5.56 Å². The summed E-state index contributed by atoms with van der Waals surface area (Å²) in [6.45, 7) is 6.21. The molecule has 0 radical (unpaired) electrons. The van der Waals surface area contributed by atoms with Gasteiger partial charge in [0.25, 0.3) is 0 Å². The summed E-state index contributed by atoms with van der Waals surface area (Å²) in [5.41, 5.74) is 1.20. The number of ether oxygens (including phenoxy) is 1. The van der Waals surface area contributed by atoms with Gasteiger partial charge in [-0.15, -0.1) is 0 Å². The lowest BCUT2D eigenvalue weighted by Gasteiger charge is -2.15. The number of aryl methyl sites for hydroxylation is 1. The van der Waals surface area contributed by atoms with Crippen LogP contribution in [0.25, 0.3) is 0 Å². The van der Waals surface area contributed by atoms with Gasteiger partial charge in [0.1, 0.15) is 11.9 Å². The molecular weight excluding hydrogens is 338 g/mol. The first-order valence-electron chi connectivity index (χ1n) is 8.48. The van der Waals surface area contributed by atoms with Crippen molar-refractivity contribution in [3.05, 3.63) is 47.2 Å². The van der Waals surface area contributed by atoms with E-state index in [9.17, 15) is 0 Å². The van der Waals surface area contributed by atoms with Crippen molar-refractivity contribution in [2.45, 2.75) is 26.4 Å². The summed E-state index contributed by atoms with van der Waals surface area (Å²) < 4.78 is 7.65. The third-order valence-electron chi connectivity index (χ3n) is 3.47. The molecule has 0 amide bonds. The number of benzene rings is 1. The Labute approximate surface area is 154 Å². The Balaban J connectivity index is 1.79. The molecule has 6 nitrogen and oxygen atoms in total. The Hall–Kier alpha value is -2.21. The maximum atomic E-state index is 5.88. The molecule has 1 unspecified atom stereocenters. The molecule has 7 heteroatoms. The molecule has 2 rings (SSSR count). The summed E-state index contributed by atoms with van der Waals surface area (Å²) in [5, 5.41) is 11.5. The van der Waals surface area contributed by atoms with E-state index >= 15 is 0 Å². The molecule has 0 spiro atoms. The van der Waals surface area contributed by atoms with Crippen LogP contribution in [0.1, 0.15) is 19.4 Å². The molecule has 1 aromatic heterocycles. The number of nitrogens with zero attached hydrogens (tertiary/aromatic N) is 3. The van der Waals surface area contributed by atoms with E-state index in [4.69, 9.17) is 16.3 Å². The fourth-order valence-corrected chi connectivity index (χ4v) is 2.40. The molecule has 1 atom stereocenters. The molecule has 0 saturated carbocycles.